The maximum Gasteiger partial charge on any atom is 0.342 e. The smallest absolute Gasteiger partial charge is 0.342 e. The first kappa shape index (κ1) is 47.9. The summed E-state index contributed by atoms with van der Waals surface area (Å²) in [6.07, 6.45) is 6.07. The molecule has 3 aromatic rings. The number of aromatic nitrogens is 2. The molecule has 2 aromatic carbocycles. The van der Waals surface area contributed by atoms with Crippen LogP contribution in [0.25, 0.3) is 0 Å². The number of anilines is 5. The molecule has 5 N–H and O–H groups in total. The van der Waals surface area contributed by atoms with Gasteiger partial charge in [0.2, 0.25) is 17.8 Å². The van der Waals surface area contributed by atoms with Gasteiger partial charge in [0.1, 0.15) is 23.3 Å². The van der Waals surface area contributed by atoms with Gasteiger partial charge in [0.05, 0.1) is 56.5 Å². The molecule has 5 amide bonds. The Morgan fingerprint density at radius 2 is 1.71 bits per heavy atom. The standard InChI is InChI=1S/C47H57F3N10O9/c1-57-36-25-52-46(56-40(36)59(28-5-2-3-6-28)26-47(49,50)45(57)66)54-34-24-32(48)31(23-37(34)69-29-9-10-29)41(62)53-27-13-16-58(17-14-27)18-20-68-22-21-67-19-15-51-33-8-4-7-30-39(33)44(65)60(43(30)64)35-11-12-38(61)55-42(35)63/h4,7-8,23-25,27-29,35,44,51,65H,2-3,5-6,9-22,26H2,1H3,(H,53,62)(H,52,54,56)(H,55,61,63). The van der Waals surface area contributed by atoms with Crippen molar-refractivity contribution in [2.24, 2.45) is 0 Å². The monoisotopic (exact) mass is 962 g/mol. The van der Waals surface area contributed by atoms with E-state index >= 15 is 13.2 Å². The third kappa shape index (κ3) is 10.6. The van der Waals surface area contributed by atoms with Crippen LogP contribution in [0.1, 0.15) is 96.7 Å². The number of benzene rings is 2. The van der Waals surface area contributed by atoms with E-state index in [2.05, 4.69) is 36.1 Å². The van der Waals surface area contributed by atoms with Gasteiger partial charge in [0, 0.05) is 74.6 Å². The molecule has 22 heteroatoms. The highest BCUT2D eigenvalue weighted by molar-refractivity contribution is 6.06. The summed E-state index contributed by atoms with van der Waals surface area (Å²) in [4.78, 5) is 78.1. The van der Waals surface area contributed by atoms with E-state index in [0.717, 1.165) is 41.5 Å². The summed E-state index contributed by atoms with van der Waals surface area (Å²) in [6, 6.07) is 6.19. The van der Waals surface area contributed by atoms with Gasteiger partial charge in [-0.2, -0.15) is 13.8 Å². The molecule has 2 saturated heterocycles. The molecule has 1 aromatic heterocycles. The molecule has 370 valence electrons. The number of rotatable bonds is 18. The van der Waals surface area contributed by atoms with Gasteiger partial charge >= 0.3 is 5.92 Å². The van der Waals surface area contributed by atoms with Crippen LogP contribution in [0.3, 0.4) is 0 Å². The lowest BCUT2D eigenvalue weighted by atomic mass is 10.0. The number of carbonyl (C=O) groups is 5. The van der Waals surface area contributed by atoms with Crippen LogP contribution in [-0.4, -0.2) is 151 Å². The summed E-state index contributed by atoms with van der Waals surface area (Å²) >= 11 is 0. The van der Waals surface area contributed by atoms with Crippen LogP contribution in [0.15, 0.2) is 36.5 Å². The minimum absolute atomic E-state index is 0.00547. The summed E-state index contributed by atoms with van der Waals surface area (Å²) in [6.45, 7) is 3.16. The van der Waals surface area contributed by atoms with Crippen molar-refractivity contribution in [3.05, 3.63) is 59.0 Å². The molecule has 4 aliphatic heterocycles. The molecule has 2 atom stereocenters. The summed E-state index contributed by atoms with van der Waals surface area (Å²) in [7, 11) is 1.27. The minimum Gasteiger partial charge on any atom is -0.488 e. The fourth-order valence-corrected chi connectivity index (χ4v) is 9.68. The molecule has 4 fully saturated rings. The molecule has 9 rings (SSSR count). The fraction of sp³-hybridized carbons (Fsp3) is 0.553. The van der Waals surface area contributed by atoms with Crippen molar-refractivity contribution in [2.75, 3.05) is 86.6 Å². The Kier molecular flexibility index (Phi) is 14.2. The second-order valence-corrected chi connectivity index (χ2v) is 18.4. The number of amides is 5. The van der Waals surface area contributed by atoms with E-state index in [-0.39, 0.29) is 65.5 Å². The predicted octanol–water partition coefficient (Wildman–Crippen LogP) is 3.85. The first-order valence-corrected chi connectivity index (χ1v) is 23.7. The Balaban J connectivity index is 0.709. The van der Waals surface area contributed by atoms with Crippen molar-refractivity contribution in [3.63, 3.8) is 0 Å². The van der Waals surface area contributed by atoms with Gasteiger partial charge < -0.3 is 50.0 Å². The number of nitrogens with zero attached hydrogens (tertiary/aromatic N) is 6. The minimum atomic E-state index is -3.64. The highest BCUT2D eigenvalue weighted by Crippen LogP contribution is 2.42. The average molecular weight is 963 g/mol. The Labute approximate surface area is 396 Å². The molecule has 6 aliphatic rings. The number of hydrogen-bond acceptors (Lipinski definition) is 15. The van der Waals surface area contributed by atoms with E-state index in [1.165, 1.54) is 24.2 Å². The molecule has 69 heavy (non-hydrogen) atoms. The first-order chi connectivity index (χ1) is 33.3. The molecule has 19 nitrogen and oxygen atoms in total. The van der Waals surface area contributed by atoms with Crippen molar-refractivity contribution in [1.82, 2.24) is 30.4 Å². The number of carbonyl (C=O) groups excluding carboxylic acids is 5. The number of fused-ring (bicyclic) bond motifs is 2. The van der Waals surface area contributed by atoms with E-state index < -0.39 is 60.1 Å². The number of ether oxygens (including phenoxy) is 3. The lowest BCUT2D eigenvalue weighted by Gasteiger charge is -2.32. The number of imide groups is 1. The molecule has 0 spiro atoms. The molecule has 2 aliphatic carbocycles. The molecule has 0 radical (unpaired) electrons. The lowest BCUT2D eigenvalue weighted by Crippen LogP contribution is -2.53. The Morgan fingerprint density at radius 1 is 0.957 bits per heavy atom. The zero-order valence-corrected chi connectivity index (χ0v) is 38.3. The SMILES string of the molecule is CN1C(=O)C(F)(F)CN(C2CCCC2)c2nc(Nc3cc(F)c(C(=O)NC4CCN(CCOCCOCCNc5cccc6c5C(O)N(C5CCC(=O)NC5=O)C6=O)CC4)cc3OC3CC3)ncc21. The molecule has 5 heterocycles. The van der Waals surface area contributed by atoms with E-state index in [1.54, 1.807) is 18.2 Å². The maximum absolute atomic E-state index is 15.8. The highest BCUT2D eigenvalue weighted by atomic mass is 19.3. The van der Waals surface area contributed by atoms with Gasteiger partial charge in [-0.25, -0.2) is 9.37 Å². The average Bonchev–Trinajstić information content (AvgIpc) is 3.92. The van der Waals surface area contributed by atoms with Crippen molar-refractivity contribution < 1.29 is 56.5 Å². The topological polar surface area (TPSA) is 220 Å². The summed E-state index contributed by atoms with van der Waals surface area (Å²) in [5.41, 5.74) is 1.35. The number of likely N-dealkylation sites (tertiary alicyclic amines) is 1. The Morgan fingerprint density at radius 3 is 2.45 bits per heavy atom. The van der Waals surface area contributed by atoms with Crippen molar-refractivity contribution >= 4 is 58.4 Å². The van der Waals surface area contributed by atoms with Gasteiger partial charge in [-0.15, -0.1) is 0 Å². The van der Waals surface area contributed by atoms with Crippen LogP contribution < -0.4 is 35.8 Å². The van der Waals surface area contributed by atoms with Crippen molar-refractivity contribution in [1.29, 1.82) is 0 Å². The van der Waals surface area contributed by atoms with Crippen LogP contribution >= 0.6 is 0 Å². The largest absolute Gasteiger partial charge is 0.488 e. The van der Waals surface area contributed by atoms with Crippen molar-refractivity contribution in [3.8, 4) is 5.75 Å². The van der Waals surface area contributed by atoms with Gasteiger partial charge in [0.25, 0.3) is 17.7 Å². The number of piperidine rings is 2. The quantitative estimate of drug-likeness (QED) is 0.0904. The zero-order chi connectivity index (χ0) is 48.4. The van der Waals surface area contributed by atoms with E-state index in [0.29, 0.717) is 95.1 Å². The number of nitrogens with one attached hydrogen (secondary N) is 4. The van der Waals surface area contributed by atoms with Gasteiger partial charge in [-0.05, 0) is 63.1 Å². The van der Waals surface area contributed by atoms with Crippen LogP contribution in [0.4, 0.5) is 42.0 Å². The van der Waals surface area contributed by atoms with E-state index in [1.807, 2.05) is 0 Å². The summed E-state index contributed by atoms with van der Waals surface area (Å²) in [5, 5.41) is 22.5. The Bertz CT molecular complexity index is 2450. The summed E-state index contributed by atoms with van der Waals surface area (Å²) < 4.78 is 63.7. The number of aliphatic hydroxyl groups is 1. The van der Waals surface area contributed by atoms with Crippen LogP contribution in [-0.2, 0) is 23.9 Å². The van der Waals surface area contributed by atoms with E-state index in [9.17, 15) is 29.1 Å². The fourth-order valence-electron chi connectivity index (χ4n) is 9.68. The van der Waals surface area contributed by atoms with Gasteiger partial charge in [0.15, 0.2) is 12.0 Å². The van der Waals surface area contributed by atoms with Gasteiger partial charge in [-0.1, -0.05) is 18.9 Å². The van der Waals surface area contributed by atoms with Crippen LogP contribution in [0.2, 0.25) is 0 Å². The molecule has 2 saturated carbocycles. The van der Waals surface area contributed by atoms with Crippen molar-refractivity contribution in [2.45, 2.75) is 101 Å². The third-order valence-corrected chi connectivity index (χ3v) is 13.6. The van der Waals surface area contributed by atoms with Crippen LogP contribution in [0.5, 0.6) is 5.75 Å². The third-order valence-electron chi connectivity index (χ3n) is 13.6. The lowest BCUT2D eigenvalue weighted by molar-refractivity contribution is -0.141. The number of halogens is 3. The molecular weight excluding hydrogens is 906 g/mol. The number of alkyl halides is 2. The second-order valence-electron chi connectivity index (χ2n) is 18.4. The van der Waals surface area contributed by atoms with Crippen LogP contribution in [0, 0.1) is 5.82 Å². The highest BCUT2D eigenvalue weighted by Gasteiger charge is 2.49. The molecule has 2 unspecified atom stereocenters. The zero-order valence-electron chi connectivity index (χ0n) is 38.3. The number of aliphatic hydroxyl groups excluding tert-OH is 1. The molecule has 0 bridgehead atoms. The van der Waals surface area contributed by atoms with E-state index in [4.69, 9.17) is 14.2 Å². The second kappa shape index (κ2) is 20.5. The summed E-state index contributed by atoms with van der Waals surface area (Å²) in [5.74, 6) is -7.43. The normalized spacial score (nSPS) is 22.1. The number of hydrogen-bond donors (Lipinski definition) is 5. The first-order valence-electron chi connectivity index (χ1n) is 23.7. The van der Waals surface area contributed by atoms with Gasteiger partial charge in [-0.3, -0.25) is 34.2 Å². The Hall–Kier alpha value is -6.10. The molecular formula is C47H57F3N10O9. The maximum atomic E-state index is 15.8. The predicted molar refractivity (Wildman–Crippen MR) is 244 cm³/mol.